The Kier molecular flexibility index (Phi) is 4.05. The first-order chi connectivity index (χ1) is 8.99. The van der Waals surface area contributed by atoms with Gasteiger partial charge in [-0.05, 0) is 39.8 Å². The molecule has 0 amide bonds. The van der Waals surface area contributed by atoms with E-state index in [2.05, 4.69) is 55.6 Å². The van der Waals surface area contributed by atoms with Crippen molar-refractivity contribution in [3.8, 4) is 0 Å². The highest BCUT2D eigenvalue weighted by Crippen LogP contribution is 2.21. The van der Waals surface area contributed by atoms with E-state index in [0.29, 0.717) is 6.04 Å². The zero-order valence-electron chi connectivity index (χ0n) is 12.5. The molecule has 0 fully saturated rings. The Hall–Kier alpha value is -1.61. The van der Waals surface area contributed by atoms with Gasteiger partial charge in [0.15, 0.2) is 0 Å². The zero-order valence-corrected chi connectivity index (χ0v) is 12.5. The summed E-state index contributed by atoms with van der Waals surface area (Å²) in [6.07, 6.45) is 3.10. The summed E-state index contributed by atoms with van der Waals surface area (Å²) in [6.45, 7) is 6.38. The Morgan fingerprint density at radius 2 is 1.79 bits per heavy atom. The van der Waals surface area contributed by atoms with Crippen LogP contribution < -0.4 is 5.32 Å². The third-order valence-corrected chi connectivity index (χ3v) is 3.50. The lowest BCUT2D eigenvalue weighted by molar-refractivity contribution is 0.588. The topological polar surface area (TPSA) is 29.9 Å². The monoisotopic (exact) mass is 257 g/mol. The van der Waals surface area contributed by atoms with Crippen molar-refractivity contribution in [2.75, 3.05) is 7.05 Å². The van der Waals surface area contributed by atoms with Crippen LogP contribution in [0.15, 0.2) is 24.4 Å². The summed E-state index contributed by atoms with van der Waals surface area (Å²) in [6, 6.07) is 7.06. The fraction of sp³-hybridized carbons (Fsp3) is 0.438. The number of hydrogen-bond donors (Lipinski definition) is 1. The Labute approximate surface area is 115 Å². The second kappa shape index (κ2) is 5.57. The van der Waals surface area contributed by atoms with Gasteiger partial charge in [0.25, 0.3) is 0 Å². The Morgan fingerprint density at radius 1 is 1.16 bits per heavy atom. The number of rotatable bonds is 4. The second-order valence-electron chi connectivity index (χ2n) is 5.38. The molecule has 2 rings (SSSR count). The minimum absolute atomic E-state index is 0.315. The number of benzene rings is 1. The maximum Gasteiger partial charge on any atom is 0.0641 e. The molecule has 0 aliphatic carbocycles. The van der Waals surface area contributed by atoms with Crippen molar-refractivity contribution in [3.63, 3.8) is 0 Å². The van der Waals surface area contributed by atoms with Gasteiger partial charge in [-0.3, -0.25) is 4.68 Å². The van der Waals surface area contributed by atoms with Crippen molar-refractivity contribution < 1.29 is 0 Å². The highest BCUT2D eigenvalue weighted by molar-refractivity contribution is 5.31. The van der Waals surface area contributed by atoms with Gasteiger partial charge in [-0.1, -0.05) is 29.3 Å². The van der Waals surface area contributed by atoms with Crippen LogP contribution in [0.4, 0.5) is 0 Å². The molecule has 102 valence electrons. The molecule has 1 atom stereocenters. The van der Waals surface area contributed by atoms with Gasteiger partial charge in [-0.25, -0.2) is 0 Å². The predicted molar refractivity (Wildman–Crippen MR) is 79.4 cm³/mol. The molecule has 0 saturated heterocycles. The number of likely N-dealkylation sites (N-methyl/N-ethyl adjacent to an activating group) is 1. The molecule has 1 heterocycles. The Morgan fingerprint density at radius 3 is 2.26 bits per heavy atom. The van der Waals surface area contributed by atoms with E-state index < -0.39 is 0 Å². The standard InChI is InChI=1S/C16H23N3/c1-11-6-12(2)8-14(7-11)9-16(17-4)15-10-19(5)18-13(15)3/h6-8,10,16-17H,9H2,1-5H3. The van der Waals surface area contributed by atoms with Crippen LogP contribution in [0.5, 0.6) is 0 Å². The summed E-state index contributed by atoms with van der Waals surface area (Å²) < 4.78 is 1.89. The van der Waals surface area contributed by atoms with Crippen LogP contribution in [0, 0.1) is 20.8 Å². The van der Waals surface area contributed by atoms with E-state index in [-0.39, 0.29) is 0 Å². The number of nitrogens with one attached hydrogen (secondary N) is 1. The summed E-state index contributed by atoms with van der Waals surface area (Å²) in [5.74, 6) is 0. The van der Waals surface area contributed by atoms with Crippen LogP contribution in [0.2, 0.25) is 0 Å². The first kappa shape index (κ1) is 13.8. The minimum Gasteiger partial charge on any atom is -0.313 e. The van der Waals surface area contributed by atoms with E-state index in [9.17, 15) is 0 Å². The van der Waals surface area contributed by atoms with Crippen LogP contribution in [-0.4, -0.2) is 16.8 Å². The maximum atomic E-state index is 4.43. The molecule has 1 aromatic carbocycles. The van der Waals surface area contributed by atoms with E-state index in [1.54, 1.807) is 0 Å². The van der Waals surface area contributed by atoms with E-state index in [4.69, 9.17) is 0 Å². The van der Waals surface area contributed by atoms with Gasteiger partial charge in [0, 0.05) is 24.8 Å². The number of nitrogens with zero attached hydrogens (tertiary/aromatic N) is 2. The fourth-order valence-electron chi connectivity index (χ4n) is 2.75. The number of aromatic nitrogens is 2. The average molecular weight is 257 g/mol. The SMILES string of the molecule is CNC(Cc1cc(C)cc(C)c1)c1cn(C)nc1C. The molecule has 0 saturated carbocycles. The van der Waals surface area contributed by atoms with Gasteiger partial charge < -0.3 is 5.32 Å². The predicted octanol–water partition coefficient (Wildman–Crippen LogP) is 2.85. The molecule has 1 unspecified atom stereocenters. The van der Waals surface area contributed by atoms with Crippen molar-refractivity contribution in [2.24, 2.45) is 7.05 Å². The molecular weight excluding hydrogens is 234 g/mol. The van der Waals surface area contributed by atoms with Crippen LogP contribution in [0.3, 0.4) is 0 Å². The smallest absolute Gasteiger partial charge is 0.0641 e. The molecule has 0 bridgehead atoms. The Balaban J connectivity index is 2.26. The van der Waals surface area contributed by atoms with E-state index in [1.807, 2.05) is 18.8 Å². The van der Waals surface area contributed by atoms with Gasteiger partial charge in [0.1, 0.15) is 0 Å². The third kappa shape index (κ3) is 3.24. The molecule has 1 N–H and O–H groups in total. The highest BCUT2D eigenvalue weighted by Gasteiger charge is 2.15. The highest BCUT2D eigenvalue weighted by atomic mass is 15.3. The first-order valence-corrected chi connectivity index (χ1v) is 6.74. The lowest BCUT2D eigenvalue weighted by Gasteiger charge is -2.16. The van der Waals surface area contributed by atoms with Crippen molar-refractivity contribution in [3.05, 3.63) is 52.3 Å². The second-order valence-corrected chi connectivity index (χ2v) is 5.38. The van der Waals surface area contributed by atoms with Gasteiger partial charge >= 0.3 is 0 Å². The third-order valence-electron chi connectivity index (χ3n) is 3.50. The largest absolute Gasteiger partial charge is 0.313 e. The molecule has 0 radical (unpaired) electrons. The molecule has 1 aromatic heterocycles. The van der Waals surface area contributed by atoms with Crippen LogP contribution >= 0.6 is 0 Å². The molecule has 3 heteroatoms. The summed E-state index contributed by atoms with van der Waals surface area (Å²) in [5.41, 5.74) is 6.41. The summed E-state index contributed by atoms with van der Waals surface area (Å²) in [4.78, 5) is 0. The van der Waals surface area contributed by atoms with Crippen molar-refractivity contribution >= 4 is 0 Å². The lowest BCUT2D eigenvalue weighted by atomic mass is 9.97. The quantitative estimate of drug-likeness (QED) is 0.912. The molecule has 0 aliphatic heterocycles. The minimum atomic E-state index is 0.315. The van der Waals surface area contributed by atoms with E-state index in [0.717, 1.165) is 12.1 Å². The molecule has 19 heavy (non-hydrogen) atoms. The van der Waals surface area contributed by atoms with Gasteiger partial charge in [-0.15, -0.1) is 0 Å². The molecule has 3 nitrogen and oxygen atoms in total. The zero-order chi connectivity index (χ0) is 14.0. The van der Waals surface area contributed by atoms with Crippen LogP contribution in [0.25, 0.3) is 0 Å². The summed E-state index contributed by atoms with van der Waals surface area (Å²) in [5, 5.41) is 7.84. The average Bonchev–Trinajstić information content (AvgIpc) is 2.64. The van der Waals surface area contributed by atoms with Crippen LogP contribution in [-0.2, 0) is 13.5 Å². The molecule has 0 spiro atoms. The molecule has 0 aliphatic rings. The van der Waals surface area contributed by atoms with Crippen molar-refractivity contribution in [1.29, 1.82) is 0 Å². The fourth-order valence-corrected chi connectivity index (χ4v) is 2.75. The van der Waals surface area contributed by atoms with Gasteiger partial charge in [-0.2, -0.15) is 5.10 Å². The van der Waals surface area contributed by atoms with Crippen molar-refractivity contribution in [1.82, 2.24) is 15.1 Å². The summed E-state index contributed by atoms with van der Waals surface area (Å²) in [7, 11) is 3.99. The Bertz CT molecular complexity index is 549. The van der Waals surface area contributed by atoms with Crippen molar-refractivity contribution in [2.45, 2.75) is 33.2 Å². The van der Waals surface area contributed by atoms with E-state index in [1.165, 1.54) is 22.3 Å². The molecule has 2 aromatic rings. The lowest BCUT2D eigenvalue weighted by Crippen LogP contribution is -2.19. The van der Waals surface area contributed by atoms with E-state index >= 15 is 0 Å². The molecular formula is C16H23N3. The van der Waals surface area contributed by atoms with Gasteiger partial charge in [0.2, 0.25) is 0 Å². The maximum absolute atomic E-state index is 4.43. The van der Waals surface area contributed by atoms with Gasteiger partial charge in [0.05, 0.1) is 5.69 Å². The normalized spacial score (nSPS) is 12.7. The summed E-state index contributed by atoms with van der Waals surface area (Å²) >= 11 is 0. The number of aryl methyl sites for hydroxylation is 4. The number of hydrogen-bond acceptors (Lipinski definition) is 2. The first-order valence-electron chi connectivity index (χ1n) is 6.74. The van der Waals surface area contributed by atoms with Crippen LogP contribution in [0.1, 0.15) is 34.0 Å².